The Labute approximate surface area is 120 Å². The second kappa shape index (κ2) is 5.92. The van der Waals surface area contributed by atoms with Crippen LogP contribution in [0, 0.1) is 0 Å². The van der Waals surface area contributed by atoms with Crippen LogP contribution in [0.2, 0.25) is 0 Å². The van der Waals surface area contributed by atoms with E-state index in [4.69, 9.17) is 18.9 Å². The van der Waals surface area contributed by atoms with Crippen molar-refractivity contribution in [1.82, 2.24) is 0 Å². The molecule has 1 aliphatic rings. The molecule has 0 bridgehead atoms. The van der Waals surface area contributed by atoms with Crippen molar-refractivity contribution in [2.75, 3.05) is 0 Å². The molecule has 1 aromatic carbocycles. The van der Waals surface area contributed by atoms with Gasteiger partial charge < -0.3 is 14.2 Å². The number of benzene rings is 1. The molecule has 1 aliphatic heterocycles. The van der Waals surface area contributed by atoms with E-state index in [0.717, 1.165) is 0 Å². The minimum Gasteiger partial charge on any atom is -0.431 e. The molecule has 0 aromatic heterocycles. The first-order chi connectivity index (χ1) is 9.86. The molecule has 1 aromatic rings. The molecule has 7 heteroatoms. The standard InChI is InChI=1S/C14H14O7/c1-7(15)18-10-4-5-11-12(6-10)14(20-9(3)17)21-13(11)19-8(2)16/h4-6,13-14H,1-3H3/t13-,14+/m0/s1. The predicted molar refractivity (Wildman–Crippen MR) is 67.9 cm³/mol. The molecule has 0 amide bonds. The number of ether oxygens (including phenoxy) is 4. The fraction of sp³-hybridized carbons (Fsp3) is 0.357. The number of carbonyl (C=O) groups is 3. The normalized spacial score (nSPS) is 19.6. The molecule has 1 heterocycles. The first kappa shape index (κ1) is 15.0. The van der Waals surface area contributed by atoms with Gasteiger partial charge in [0.05, 0.1) is 0 Å². The van der Waals surface area contributed by atoms with Crippen molar-refractivity contribution in [3.63, 3.8) is 0 Å². The van der Waals surface area contributed by atoms with Gasteiger partial charge in [-0.25, -0.2) is 0 Å². The Hall–Kier alpha value is -2.41. The maximum atomic E-state index is 11.1. The Bertz CT molecular complexity index is 593. The summed E-state index contributed by atoms with van der Waals surface area (Å²) >= 11 is 0. The summed E-state index contributed by atoms with van der Waals surface area (Å²) in [6.45, 7) is 3.75. The van der Waals surface area contributed by atoms with Gasteiger partial charge in [-0.15, -0.1) is 0 Å². The molecule has 2 rings (SSSR count). The summed E-state index contributed by atoms with van der Waals surface area (Å²) < 4.78 is 20.4. The summed E-state index contributed by atoms with van der Waals surface area (Å²) in [5.74, 6) is -1.27. The number of esters is 3. The summed E-state index contributed by atoms with van der Waals surface area (Å²) in [5.41, 5.74) is 1.00. The van der Waals surface area contributed by atoms with Crippen molar-refractivity contribution < 1.29 is 33.3 Å². The molecule has 21 heavy (non-hydrogen) atoms. The Morgan fingerprint density at radius 2 is 1.48 bits per heavy atom. The molecule has 0 saturated heterocycles. The summed E-state index contributed by atoms with van der Waals surface area (Å²) in [5, 5.41) is 0. The maximum absolute atomic E-state index is 11.1. The van der Waals surface area contributed by atoms with Gasteiger partial charge in [0, 0.05) is 31.9 Å². The Balaban J connectivity index is 2.33. The third-order valence-corrected chi connectivity index (χ3v) is 2.62. The van der Waals surface area contributed by atoms with E-state index in [0.29, 0.717) is 11.1 Å². The van der Waals surface area contributed by atoms with E-state index in [1.807, 2.05) is 0 Å². The fourth-order valence-corrected chi connectivity index (χ4v) is 1.94. The zero-order valence-corrected chi connectivity index (χ0v) is 11.7. The van der Waals surface area contributed by atoms with Crippen LogP contribution in [-0.2, 0) is 28.6 Å². The first-order valence-electron chi connectivity index (χ1n) is 6.19. The van der Waals surface area contributed by atoms with E-state index in [1.165, 1.54) is 32.9 Å². The van der Waals surface area contributed by atoms with Gasteiger partial charge in [0.15, 0.2) is 0 Å². The van der Waals surface area contributed by atoms with Gasteiger partial charge in [-0.3, -0.25) is 19.1 Å². The lowest BCUT2D eigenvalue weighted by atomic mass is 10.1. The second-order valence-corrected chi connectivity index (χ2v) is 4.40. The fourth-order valence-electron chi connectivity index (χ4n) is 1.94. The lowest BCUT2D eigenvalue weighted by Crippen LogP contribution is -2.10. The summed E-state index contributed by atoms with van der Waals surface area (Å²) in [6, 6.07) is 4.63. The van der Waals surface area contributed by atoms with Crippen LogP contribution in [0.1, 0.15) is 44.5 Å². The molecule has 0 N–H and O–H groups in total. The average molecular weight is 294 g/mol. The zero-order valence-electron chi connectivity index (χ0n) is 11.7. The van der Waals surface area contributed by atoms with Crippen LogP contribution < -0.4 is 4.74 Å². The summed E-state index contributed by atoms with van der Waals surface area (Å²) in [7, 11) is 0. The minimum atomic E-state index is -1.02. The SMILES string of the molecule is CC(=O)Oc1ccc2c(c1)[C@H](OC(C)=O)O[C@@H]2OC(C)=O. The molecule has 2 atom stereocenters. The second-order valence-electron chi connectivity index (χ2n) is 4.40. The maximum Gasteiger partial charge on any atom is 0.308 e. The smallest absolute Gasteiger partial charge is 0.308 e. The van der Waals surface area contributed by atoms with Crippen LogP contribution in [0.4, 0.5) is 0 Å². The van der Waals surface area contributed by atoms with Gasteiger partial charge in [0.2, 0.25) is 12.6 Å². The van der Waals surface area contributed by atoms with E-state index in [9.17, 15) is 14.4 Å². The number of rotatable bonds is 3. The molecule has 0 saturated carbocycles. The largest absolute Gasteiger partial charge is 0.431 e. The quantitative estimate of drug-likeness (QED) is 0.620. The van der Waals surface area contributed by atoms with Crippen LogP contribution in [0.5, 0.6) is 5.75 Å². The lowest BCUT2D eigenvalue weighted by Gasteiger charge is -2.13. The number of hydrogen-bond donors (Lipinski definition) is 0. The van der Waals surface area contributed by atoms with Crippen LogP contribution in [0.3, 0.4) is 0 Å². The third kappa shape index (κ3) is 3.57. The molecule has 0 fully saturated rings. The molecule has 7 nitrogen and oxygen atoms in total. The van der Waals surface area contributed by atoms with Gasteiger partial charge in [-0.2, -0.15) is 0 Å². The van der Waals surface area contributed by atoms with Gasteiger partial charge >= 0.3 is 17.9 Å². The highest BCUT2D eigenvalue weighted by Gasteiger charge is 2.36. The van der Waals surface area contributed by atoms with Crippen molar-refractivity contribution in [3.05, 3.63) is 29.3 Å². The van der Waals surface area contributed by atoms with Crippen molar-refractivity contribution in [3.8, 4) is 5.75 Å². The molecule has 0 radical (unpaired) electrons. The van der Waals surface area contributed by atoms with Crippen molar-refractivity contribution in [2.24, 2.45) is 0 Å². The number of hydrogen-bond acceptors (Lipinski definition) is 7. The van der Waals surface area contributed by atoms with Crippen molar-refractivity contribution in [2.45, 2.75) is 33.4 Å². The van der Waals surface area contributed by atoms with Gasteiger partial charge in [-0.05, 0) is 18.2 Å². The highest BCUT2D eigenvalue weighted by atomic mass is 16.8. The molecular weight excluding hydrogens is 280 g/mol. The highest BCUT2D eigenvalue weighted by Crippen LogP contribution is 2.42. The van der Waals surface area contributed by atoms with Gasteiger partial charge in [-0.1, -0.05) is 0 Å². The minimum absolute atomic E-state index is 0.283. The molecule has 0 unspecified atom stereocenters. The van der Waals surface area contributed by atoms with Crippen molar-refractivity contribution in [1.29, 1.82) is 0 Å². The van der Waals surface area contributed by atoms with E-state index in [-0.39, 0.29) is 5.75 Å². The first-order valence-corrected chi connectivity index (χ1v) is 6.19. The monoisotopic (exact) mass is 294 g/mol. The average Bonchev–Trinajstić information content (AvgIpc) is 2.65. The van der Waals surface area contributed by atoms with E-state index >= 15 is 0 Å². The molecular formula is C14H14O7. The van der Waals surface area contributed by atoms with Crippen LogP contribution in [0.25, 0.3) is 0 Å². The van der Waals surface area contributed by atoms with E-state index in [2.05, 4.69) is 0 Å². The topological polar surface area (TPSA) is 88.1 Å². The predicted octanol–water partition coefficient (Wildman–Crippen LogP) is 1.77. The summed E-state index contributed by atoms with van der Waals surface area (Å²) in [4.78, 5) is 33.2. The lowest BCUT2D eigenvalue weighted by molar-refractivity contribution is -0.227. The molecule has 112 valence electrons. The number of carbonyl (C=O) groups excluding carboxylic acids is 3. The Morgan fingerprint density at radius 3 is 2.00 bits per heavy atom. The van der Waals surface area contributed by atoms with E-state index < -0.39 is 30.5 Å². The van der Waals surface area contributed by atoms with E-state index in [1.54, 1.807) is 6.07 Å². The number of fused-ring (bicyclic) bond motifs is 1. The van der Waals surface area contributed by atoms with Crippen molar-refractivity contribution >= 4 is 17.9 Å². The van der Waals surface area contributed by atoms with Crippen LogP contribution in [-0.4, -0.2) is 17.9 Å². The van der Waals surface area contributed by atoms with Gasteiger partial charge in [0.25, 0.3) is 0 Å². The Kier molecular flexibility index (Phi) is 4.23. The van der Waals surface area contributed by atoms with Gasteiger partial charge in [0.1, 0.15) is 5.75 Å². The third-order valence-electron chi connectivity index (χ3n) is 2.62. The van der Waals surface area contributed by atoms with Crippen LogP contribution >= 0.6 is 0 Å². The molecule has 0 aliphatic carbocycles. The highest BCUT2D eigenvalue weighted by molar-refractivity contribution is 5.70. The Morgan fingerprint density at radius 1 is 0.905 bits per heavy atom. The van der Waals surface area contributed by atoms with Crippen LogP contribution in [0.15, 0.2) is 18.2 Å². The summed E-state index contributed by atoms with van der Waals surface area (Å²) in [6.07, 6.45) is -1.98. The zero-order chi connectivity index (χ0) is 15.6. The molecule has 0 spiro atoms.